The summed E-state index contributed by atoms with van der Waals surface area (Å²) in [5.41, 5.74) is -0.314. The third-order valence-electron chi connectivity index (χ3n) is 3.93. The van der Waals surface area contributed by atoms with E-state index in [0.29, 0.717) is 18.2 Å². The zero-order chi connectivity index (χ0) is 17.9. The molecule has 1 atom stereocenters. The minimum atomic E-state index is -1.37. The van der Waals surface area contributed by atoms with Crippen LogP contribution in [0.1, 0.15) is 23.8 Å². The second-order valence-corrected chi connectivity index (χ2v) is 6.50. The summed E-state index contributed by atoms with van der Waals surface area (Å²) >= 11 is 1.32. The third-order valence-corrected chi connectivity index (χ3v) is 4.82. The molecule has 0 saturated carbocycles. The lowest BCUT2D eigenvalue weighted by Gasteiger charge is -2.22. The Morgan fingerprint density at radius 3 is 2.76 bits per heavy atom. The molecule has 1 aliphatic heterocycles. The van der Waals surface area contributed by atoms with E-state index in [1.165, 1.54) is 11.3 Å². The van der Waals surface area contributed by atoms with Crippen molar-refractivity contribution in [1.82, 2.24) is 10.3 Å². The molecule has 0 bridgehead atoms. The molecule has 8 heteroatoms. The van der Waals surface area contributed by atoms with E-state index in [1.54, 1.807) is 5.38 Å². The summed E-state index contributed by atoms with van der Waals surface area (Å²) in [6.07, 6.45) is 0.240. The van der Waals surface area contributed by atoms with Crippen molar-refractivity contribution in [3.63, 3.8) is 0 Å². The van der Waals surface area contributed by atoms with E-state index in [9.17, 15) is 14.7 Å². The molecule has 1 aliphatic rings. The molecule has 1 saturated heterocycles. The van der Waals surface area contributed by atoms with Gasteiger partial charge in [-0.05, 0) is 31.2 Å². The maximum atomic E-state index is 12.4. The fourth-order valence-electron chi connectivity index (χ4n) is 2.54. The van der Waals surface area contributed by atoms with Crippen LogP contribution in [0.25, 0.3) is 10.6 Å². The summed E-state index contributed by atoms with van der Waals surface area (Å²) in [6.45, 7) is 2.78. The van der Waals surface area contributed by atoms with Gasteiger partial charge in [0.15, 0.2) is 5.54 Å². The molecule has 0 spiro atoms. The summed E-state index contributed by atoms with van der Waals surface area (Å²) in [5.74, 6) is -0.841. The van der Waals surface area contributed by atoms with E-state index >= 15 is 0 Å². The zero-order valence-corrected chi connectivity index (χ0v) is 14.5. The summed E-state index contributed by atoms with van der Waals surface area (Å²) in [4.78, 5) is 28.2. The Morgan fingerprint density at radius 2 is 2.16 bits per heavy atom. The summed E-state index contributed by atoms with van der Waals surface area (Å²) in [6, 6.07) is 7.43. The maximum absolute atomic E-state index is 12.4. The molecule has 7 nitrogen and oxygen atoms in total. The van der Waals surface area contributed by atoms with Gasteiger partial charge in [0.1, 0.15) is 16.5 Å². The highest BCUT2D eigenvalue weighted by Gasteiger charge is 2.44. The molecule has 132 valence electrons. The fraction of sp³-hybridized carbons (Fsp3) is 0.353. The Balaban J connectivity index is 1.74. The second-order valence-electron chi connectivity index (χ2n) is 5.64. The van der Waals surface area contributed by atoms with E-state index < -0.39 is 17.4 Å². The number of amides is 1. The maximum Gasteiger partial charge on any atom is 0.331 e. The van der Waals surface area contributed by atoms with Gasteiger partial charge in [0.05, 0.1) is 13.2 Å². The minimum absolute atomic E-state index is 0.0377. The van der Waals surface area contributed by atoms with Crippen LogP contribution in [0.4, 0.5) is 0 Å². The van der Waals surface area contributed by atoms with Crippen molar-refractivity contribution in [2.75, 3.05) is 19.8 Å². The Labute approximate surface area is 148 Å². The normalized spacial score (nSPS) is 19.6. The first kappa shape index (κ1) is 17.4. The van der Waals surface area contributed by atoms with Gasteiger partial charge in [0, 0.05) is 24.0 Å². The van der Waals surface area contributed by atoms with Crippen molar-refractivity contribution in [2.24, 2.45) is 0 Å². The van der Waals surface area contributed by atoms with Crippen molar-refractivity contribution in [3.05, 3.63) is 35.3 Å². The lowest BCUT2D eigenvalue weighted by atomic mass is 9.99. The molecule has 3 rings (SSSR count). The van der Waals surface area contributed by atoms with Gasteiger partial charge in [0.25, 0.3) is 5.91 Å². The van der Waals surface area contributed by atoms with Gasteiger partial charge in [-0.3, -0.25) is 4.79 Å². The first-order chi connectivity index (χ1) is 12.0. The molecule has 25 heavy (non-hydrogen) atoms. The Morgan fingerprint density at radius 1 is 1.40 bits per heavy atom. The van der Waals surface area contributed by atoms with Crippen LogP contribution in [0.5, 0.6) is 5.75 Å². The van der Waals surface area contributed by atoms with Gasteiger partial charge in [-0.1, -0.05) is 0 Å². The number of aromatic nitrogens is 1. The standard InChI is InChI=1S/C17H18N2O5S/c1-2-24-12-5-3-11(4-6-12)15-18-13(9-25-15)14(20)19-17(16(21)22)7-8-23-10-17/h3-6,9H,2,7-8,10H2,1H3,(H,19,20)(H,21,22). The zero-order valence-electron chi connectivity index (χ0n) is 13.7. The van der Waals surface area contributed by atoms with Crippen molar-refractivity contribution in [2.45, 2.75) is 18.9 Å². The third kappa shape index (κ3) is 3.64. The van der Waals surface area contributed by atoms with Gasteiger partial charge in [-0.25, -0.2) is 9.78 Å². The molecule has 0 radical (unpaired) electrons. The van der Waals surface area contributed by atoms with Crippen molar-refractivity contribution < 1.29 is 24.2 Å². The number of carboxylic acids is 1. The average molecular weight is 362 g/mol. The average Bonchev–Trinajstić information content (AvgIpc) is 3.26. The molecule has 1 amide bonds. The number of aliphatic carboxylic acids is 1. The van der Waals surface area contributed by atoms with Gasteiger partial charge < -0.3 is 19.9 Å². The van der Waals surface area contributed by atoms with Gasteiger partial charge in [-0.15, -0.1) is 11.3 Å². The molecule has 1 fully saturated rings. The largest absolute Gasteiger partial charge is 0.494 e. The number of nitrogens with zero attached hydrogens (tertiary/aromatic N) is 1. The smallest absolute Gasteiger partial charge is 0.331 e. The Hall–Kier alpha value is -2.45. The Bertz CT molecular complexity index is 766. The molecular formula is C17H18N2O5S. The van der Waals surface area contributed by atoms with Crippen molar-refractivity contribution in [3.8, 4) is 16.3 Å². The van der Waals surface area contributed by atoms with Crippen LogP contribution in [-0.2, 0) is 9.53 Å². The predicted molar refractivity (Wildman–Crippen MR) is 92.0 cm³/mol. The highest BCUT2D eigenvalue weighted by molar-refractivity contribution is 7.13. The summed E-state index contributed by atoms with van der Waals surface area (Å²) in [7, 11) is 0. The highest BCUT2D eigenvalue weighted by atomic mass is 32.1. The number of rotatable bonds is 6. The van der Waals surface area contributed by atoms with Crippen molar-refractivity contribution in [1.29, 1.82) is 0 Å². The monoisotopic (exact) mass is 362 g/mol. The van der Waals surface area contributed by atoms with E-state index in [0.717, 1.165) is 11.3 Å². The first-order valence-corrected chi connectivity index (χ1v) is 8.74. The molecule has 1 unspecified atom stereocenters. The lowest BCUT2D eigenvalue weighted by molar-refractivity contribution is -0.144. The van der Waals surface area contributed by atoms with E-state index in [-0.39, 0.29) is 18.7 Å². The summed E-state index contributed by atoms with van der Waals surface area (Å²) < 4.78 is 10.5. The number of thiazole rings is 1. The lowest BCUT2D eigenvalue weighted by Crippen LogP contribution is -2.55. The Kier molecular flexibility index (Phi) is 5.00. The van der Waals surface area contributed by atoms with E-state index in [4.69, 9.17) is 9.47 Å². The van der Waals surface area contributed by atoms with Crippen LogP contribution in [0.2, 0.25) is 0 Å². The number of hydrogen-bond acceptors (Lipinski definition) is 6. The van der Waals surface area contributed by atoms with Crippen LogP contribution in [0, 0.1) is 0 Å². The fourth-order valence-corrected chi connectivity index (χ4v) is 3.34. The van der Waals surface area contributed by atoms with Gasteiger partial charge >= 0.3 is 5.97 Å². The first-order valence-electron chi connectivity index (χ1n) is 7.86. The van der Waals surface area contributed by atoms with Crippen LogP contribution < -0.4 is 10.1 Å². The van der Waals surface area contributed by atoms with E-state index in [1.807, 2.05) is 31.2 Å². The van der Waals surface area contributed by atoms with Crippen LogP contribution in [0.3, 0.4) is 0 Å². The summed E-state index contributed by atoms with van der Waals surface area (Å²) in [5, 5.41) is 14.2. The molecule has 2 heterocycles. The van der Waals surface area contributed by atoms with Crippen LogP contribution >= 0.6 is 11.3 Å². The molecular weight excluding hydrogens is 344 g/mol. The molecule has 1 aromatic heterocycles. The van der Waals surface area contributed by atoms with Gasteiger partial charge in [0.2, 0.25) is 0 Å². The molecule has 2 N–H and O–H groups in total. The molecule has 2 aromatic rings. The van der Waals surface area contributed by atoms with Crippen LogP contribution in [-0.4, -0.2) is 47.3 Å². The molecule has 0 aliphatic carbocycles. The second kappa shape index (κ2) is 7.20. The highest BCUT2D eigenvalue weighted by Crippen LogP contribution is 2.26. The number of carbonyl (C=O) groups excluding carboxylic acids is 1. The molecule has 1 aromatic carbocycles. The SMILES string of the molecule is CCOc1ccc(-c2nc(C(=O)NC3(C(=O)O)CCOC3)cs2)cc1. The van der Waals surface area contributed by atoms with E-state index in [2.05, 4.69) is 10.3 Å². The number of carbonyl (C=O) groups is 2. The number of nitrogens with one attached hydrogen (secondary N) is 1. The van der Waals surface area contributed by atoms with Crippen LogP contribution in [0.15, 0.2) is 29.6 Å². The predicted octanol–water partition coefficient (Wildman–Crippen LogP) is 2.18. The number of hydrogen-bond donors (Lipinski definition) is 2. The number of carboxylic acid groups (broad SMARTS) is 1. The number of benzene rings is 1. The quantitative estimate of drug-likeness (QED) is 0.817. The van der Waals surface area contributed by atoms with Crippen molar-refractivity contribution >= 4 is 23.2 Å². The van der Waals surface area contributed by atoms with Gasteiger partial charge in [-0.2, -0.15) is 0 Å². The topological polar surface area (TPSA) is 97.8 Å². The number of ether oxygens (including phenoxy) is 2. The minimum Gasteiger partial charge on any atom is -0.494 e.